The van der Waals surface area contributed by atoms with Crippen LogP contribution in [0.4, 0.5) is 5.95 Å². The van der Waals surface area contributed by atoms with E-state index < -0.39 is 0 Å². The predicted molar refractivity (Wildman–Crippen MR) is 110 cm³/mol. The van der Waals surface area contributed by atoms with E-state index in [1.54, 1.807) is 0 Å². The summed E-state index contributed by atoms with van der Waals surface area (Å²) >= 11 is 0. The van der Waals surface area contributed by atoms with E-state index in [4.69, 9.17) is 5.73 Å². The largest absolute Gasteiger partial charge is 0.368 e. The van der Waals surface area contributed by atoms with Gasteiger partial charge < -0.3 is 10.7 Å². The molecule has 0 fully saturated rings. The highest BCUT2D eigenvalue weighted by atomic mass is 16.1. The molecule has 1 aliphatic carbocycles. The average molecular weight is 368 g/mol. The van der Waals surface area contributed by atoms with E-state index in [2.05, 4.69) is 51.4 Å². The lowest BCUT2D eigenvalue weighted by molar-refractivity contribution is 0.0962. The second-order valence-electron chi connectivity index (χ2n) is 7.35. The Morgan fingerprint density at radius 2 is 1.82 bits per heavy atom. The standard InChI is InChI=1S/C23H20N4O/c1-13-21-19(27-23(24)26-13)11-15(12-20(21)28)16-6-2-3-7-17(16)18-8-4-5-14-9-10-25-22(14)18/h2-10,15,25H,11-12H2,1H3,(H2,24,26,27). The minimum absolute atomic E-state index is 0.0649. The van der Waals surface area contributed by atoms with Crippen LogP contribution in [0.3, 0.4) is 0 Å². The van der Waals surface area contributed by atoms with E-state index in [1.807, 2.05) is 25.3 Å². The van der Waals surface area contributed by atoms with Gasteiger partial charge in [-0.05, 0) is 41.8 Å². The highest BCUT2D eigenvalue weighted by Crippen LogP contribution is 2.39. The third-order valence-corrected chi connectivity index (χ3v) is 5.61. The molecule has 1 atom stereocenters. The third-order valence-electron chi connectivity index (χ3n) is 5.61. The number of nitrogens with one attached hydrogen (secondary N) is 1. The lowest BCUT2D eigenvalue weighted by Gasteiger charge is -2.26. The van der Waals surface area contributed by atoms with Crippen LogP contribution in [-0.2, 0) is 6.42 Å². The van der Waals surface area contributed by atoms with Crippen LogP contribution < -0.4 is 5.73 Å². The Hall–Kier alpha value is -3.47. The molecule has 28 heavy (non-hydrogen) atoms. The summed E-state index contributed by atoms with van der Waals surface area (Å²) in [7, 11) is 0. The molecule has 1 unspecified atom stereocenters. The fraction of sp³-hybridized carbons (Fsp3) is 0.174. The van der Waals surface area contributed by atoms with Gasteiger partial charge in [-0.3, -0.25) is 4.79 Å². The molecular formula is C23H20N4O. The van der Waals surface area contributed by atoms with Gasteiger partial charge in [-0.25, -0.2) is 9.97 Å². The van der Waals surface area contributed by atoms with Crippen LogP contribution in [0.1, 0.15) is 39.6 Å². The summed E-state index contributed by atoms with van der Waals surface area (Å²) < 4.78 is 0. The van der Waals surface area contributed by atoms with Gasteiger partial charge in [-0.15, -0.1) is 0 Å². The maximum atomic E-state index is 12.9. The number of H-pyrrole nitrogens is 1. The van der Waals surface area contributed by atoms with E-state index in [-0.39, 0.29) is 17.6 Å². The molecule has 0 saturated carbocycles. The molecule has 0 saturated heterocycles. The van der Waals surface area contributed by atoms with Crippen LogP contribution >= 0.6 is 0 Å². The fourth-order valence-electron chi connectivity index (χ4n) is 4.43. The monoisotopic (exact) mass is 368 g/mol. The van der Waals surface area contributed by atoms with Crippen LogP contribution in [-0.4, -0.2) is 20.7 Å². The Morgan fingerprint density at radius 1 is 1.00 bits per heavy atom. The zero-order chi connectivity index (χ0) is 19.3. The molecule has 0 amide bonds. The number of benzene rings is 2. The lowest BCUT2D eigenvalue weighted by atomic mass is 9.78. The molecule has 4 aromatic rings. The summed E-state index contributed by atoms with van der Waals surface area (Å²) in [6, 6.07) is 16.7. The third kappa shape index (κ3) is 2.59. The molecule has 2 heterocycles. The van der Waals surface area contributed by atoms with Crippen LogP contribution in [0.5, 0.6) is 0 Å². The summed E-state index contributed by atoms with van der Waals surface area (Å²) in [6.07, 6.45) is 3.10. The van der Waals surface area contributed by atoms with E-state index in [1.165, 1.54) is 10.9 Å². The highest BCUT2D eigenvalue weighted by Gasteiger charge is 2.31. The molecule has 0 bridgehead atoms. The molecule has 0 spiro atoms. The number of aryl methyl sites for hydroxylation is 1. The van der Waals surface area contributed by atoms with Gasteiger partial charge in [-0.1, -0.05) is 42.5 Å². The number of nitrogen functional groups attached to an aromatic ring is 1. The maximum absolute atomic E-state index is 12.9. The number of hydrogen-bond donors (Lipinski definition) is 2. The Labute approximate surface area is 162 Å². The van der Waals surface area contributed by atoms with E-state index in [9.17, 15) is 4.79 Å². The van der Waals surface area contributed by atoms with Gasteiger partial charge in [0.1, 0.15) is 0 Å². The van der Waals surface area contributed by atoms with Gasteiger partial charge in [-0.2, -0.15) is 0 Å². The number of carbonyl (C=O) groups excluding carboxylic acids is 1. The number of anilines is 1. The molecule has 138 valence electrons. The van der Waals surface area contributed by atoms with Crippen LogP contribution in [0.2, 0.25) is 0 Å². The second kappa shape index (κ2) is 6.30. The Bertz CT molecular complexity index is 1220. The van der Waals surface area contributed by atoms with Crippen molar-refractivity contribution in [3.8, 4) is 11.1 Å². The highest BCUT2D eigenvalue weighted by molar-refractivity contribution is 6.00. The van der Waals surface area contributed by atoms with Crippen LogP contribution in [0, 0.1) is 6.92 Å². The summed E-state index contributed by atoms with van der Waals surface area (Å²) in [5.74, 6) is 0.390. The normalized spacial score (nSPS) is 16.3. The van der Waals surface area contributed by atoms with E-state index in [0.29, 0.717) is 24.1 Å². The molecule has 5 nitrogen and oxygen atoms in total. The van der Waals surface area contributed by atoms with Gasteiger partial charge in [0.05, 0.1) is 22.5 Å². The molecule has 5 rings (SSSR count). The van der Waals surface area contributed by atoms with E-state index >= 15 is 0 Å². The smallest absolute Gasteiger partial charge is 0.220 e. The molecule has 0 aliphatic heterocycles. The number of nitrogens with two attached hydrogens (primary N) is 1. The second-order valence-corrected chi connectivity index (χ2v) is 7.35. The van der Waals surface area contributed by atoms with Crippen molar-refractivity contribution >= 4 is 22.6 Å². The number of aromatic nitrogens is 3. The Morgan fingerprint density at radius 3 is 2.71 bits per heavy atom. The number of fused-ring (bicyclic) bond motifs is 2. The minimum Gasteiger partial charge on any atom is -0.368 e. The molecule has 0 radical (unpaired) electrons. The summed E-state index contributed by atoms with van der Waals surface area (Å²) in [4.78, 5) is 24.8. The number of Topliss-reactive ketones (excluding diaryl/α,β-unsaturated/α-hetero) is 1. The van der Waals surface area contributed by atoms with Crippen molar-refractivity contribution in [2.45, 2.75) is 25.7 Å². The maximum Gasteiger partial charge on any atom is 0.220 e. The van der Waals surface area contributed by atoms with Gasteiger partial charge in [0.15, 0.2) is 5.78 Å². The SMILES string of the molecule is Cc1nc(N)nc2c1C(=O)CC(c1ccccc1-c1cccc3cc[nH]c13)C2. The molecule has 3 N–H and O–H groups in total. The average Bonchev–Trinajstić information content (AvgIpc) is 3.16. The minimum atomic E-state index is 0.0649. The Balaban J connectivity index is 1.64. The van der Waals surface area contributed by atoms with Gasteiger partial charge in [0.25, 0.3) is 0 Å². The number of nitrogens with zero attached hydrogens (tertiary/aromatic N) is 2. The first-order valence-electron chi connectivity index (χ1n) is 9.43. The van der Waals surface area contributed by atoms with Gasteiger partial charge in [0.2, 0.25) is 5.95 Å². The van der Waals surface area contributed by atoms with E-state index in [0.717, 1.165) is 22.3 Å². The fourth-order valence-corrected chi connectivity index (χ4v) is 4.43. The lowest BCUT2D eigenvalue weighted by Crippen LogP contribution is -2.23. The van der Waals surface area contributed by atoms with Crippen molar-refractivity contribution < 1.29 is 4.79 Å². The first-order chi connectivity index (χ1) is 13.6. The predicted octanol–water partition coefficient (Wildman–Crippen LogP) is 4.43. The molecule has 2 aromatic carbocycles. The van der Waals surface area contributed by atoms with Gasteiger partial charge >= 0.3 is 0 Å². The first-order valence-corrected chi connectivity index (χ1v) is 9.43. The topological polar surface area (TPSA) is 84.7 Å². The summed E-state index contributed by atoms with van der Waals surface area (Å²) in [5, 5.41) is 1.17. The Kier molecular flexibility index (Phi) is 3.76. The summed E-state index contributed by atoms with van der Waals surface area (Å²) in [5.41, 5.74) is 12.5. The van der Waals surface area contributed by atoms with Crippen molar-refractivity contribution in [2.24, 2.45) is 0 Å². The zero-order valence-electron chi connectivity index (χ0n) is 15.6. The van der Waals surface area contributed by atoms with Crippen molar-refractivity contribution in [2.75, 3.05) is 5.73 Å². The quantitative estimate of drug-likeness (QED) is 0.548. The van der Waals surface area contributed by atoms with Crippen LogP contribution in [0.15, 0.2) is 54.7 Å². The molecule has 2 aromatic heterocycles. The molecule has 1 aliphatic rings. The number of aromatic amines is 1. The number of rotatable bonds is 2. The van der Waals surface area contributed by atoms with Crippen molar-refractivity contribution in [3.63, 3.8) is 0 Å². The molecule has 5 heteroatoms. The van der Waals surface area contributed by atoms with Crippen LogP contribution in [0.25, 0.3) is 22.0 Å². The van der Waals surface area contributed by atoms with Crippen molar-refractivity contribution in [1.82, 2.24) is 15.0 Å². The van der Waals surface area contributed by atoms with Crippen molar-refractivity contribution in [3.05, 3.63) is 77.2 Å². The number of hydrogen-bond acceptors (Lipinski definition) is 4. The first kappa shape index (κ1) is 16.7. The van der Waals surface area contributed by atoms with Gasteiger partial charge in [0, 0.05) is 18.2 Å². The van der Waals surface area contributed by atoms with Crippen molar-refractivity contribution in [1.29, 1.82) is 0 Å². The number of para-hydroxylation sites is 1. The summed E-state index contributed by atoms with van der Waals surface area (Å²) in [6.45, 7) is 1.83. The number of ketones is 1. The number of carbonyl (C=O) groups is 1. The molecular weight excluding hydrogens is 348 g/mol. The zero-order valence-corrected chi connectivity index (χ0v) is 15.6.